The molecule has 110 valence electrons. The lowest BCUT2D eigenvalue weighted by atomic mass is 9.90. The summed E-state index contributed by atoms with van der Waals surface area (Å²) in [6, 6.07) is 1.11. The second kappa shape index (κ2) is 6.24. The molecule has 0 unspecified atom stereocenters. The molecule has 1 aliphatic carbocycles. The van der Waals surface area contributed by atoms with E-state index in [9.17, 15) is 0 Å². The topological polar surface area (TPSA) is 46.6 Å². The number of thiazole rings is 1. The normalized spacial score (nSPS) is 23.8. The zero-order valence-corrected chi connectivity index (χ0v) is 13.0. The predicted molar refractivity (Wildman–Crippen MR) is 84.0 cm³/mol. The van der Waals surface area contributed by atoms with Gasteiger partial charge in [-0.25, -0.2) is 4.98 Å². The van der Waals surface area contributed by atoms with Gasteiger partial charge in [0, 0.05) is 36.4 Å². The van der Waals surface area contributed by atoms with E-state index in [0.717, 1.165) is 18.1 Å². The SMILES string of the molecule is CCCN(Cc1cn2ccsc2n1)C1CCC(N)CC1. The lowest BCUT2D eigenvalue weighted by Crippen LogP contribution is -2.40. The Bertz CT molecular complexity index is 510. The monoisotopic (exact) mass is 292 g/mol. The molecular weight excluding hydrogens is 268 g/mol. The molecule has 0 spiro atoms. The van der Waals surface area contributed by atoms with Crippen LogP contribution in [0.1, 0.15) is 44.7 Å². The van der Waals surface area contributed by atoms with E-state index in [4.69, 9.17) is 10.7 Å². The second-order valence-electron chi connectivity index (χ2n) is 5.86. The van der Waals surface area contributed by atoms with Crippen molar-refractivity contribution >= 4 is 16.3 Å². The number of nitrogens with zero attached hydrogens (tertiary/aromatic N) is 3. The Labute approximate surface area is 124 Å². The standard InChI is InChI=1S/C15H24N4S/c1-2-7-18(14-5-3-12(16)4-6-14)10-13-11-19-8-9-20-15(19)17-13/h8-9,11-12,14H,2-7,10,16H2,1H3. The maximum atomic E-state index is 6.03. The third kappa shape index (κ3) is 3.05. The number of imidazole rings is 1. The summed E-state index contributed by atoms with van der Waals surface area (Å²) in [5, 5.41) is 2.08. The van der Waals surface area contributed by atoms with E-state index in [0.29, 0.717) is 12.1 Å². The molecule has 4 nitrogen and oxygen atoms in total. The van der Waals surface area contributed by atoms with Crippen LogP contribution in [0.4, 0.5) is 0 Å². The largest absolute Gasteiger partial charge is 0.328 e. The number of hydrogen-bond acceptors (Lipinski definition) is 4. The molecule has 0 aliphatic heterocycles. The molecule has 0 saturated heterocycles. The molecule has 2 N–H and O–H groups in total. The van der Waals surface area contributed by atoms with E-state index < -0.39 is 0 Å². The fraction of sp³-hybridized carbons (Fsp3) is 0.667. The molecule has 20 heavy (non-hydrogen) atoms. The zero-order chi connectivity index (χ0) is 13.9. The van der Waals surface area contributed by atoms with Crippen molar-refractivity contribution in [3.63, 3.8) is 0 Å². The first-order chi connectivity index (χ1) is 9.76. The minimum absolute atomic E-state index is 0.424. The maximum absolute atomic E-state index is 6.03. The lowest BCUT2D eigenvalue weighted by molar-refractivity contribution is 0.140. The van der Waals surface area contributed by atoms with Gasteiger partial charge in [-0.1, -0.05) is 6.92 Å². The van der Waals surface area contributed by atoms with Crippen molar-refractivity contribution in [2.75, 3.05) is 6.54 Å². The van der Waals surface area contributed by atoms with Gasteiger partial charge < -0.3 is 5.73 Å². The van der Waals surface area contributed by atoms with E-state index in [1.807, 2.05) is 0 Å². The summed E-state index contributed by atoms with van der Waals surface area (Å²) < 4.78 is 2.13. The Balaban J connectivity index is 1.68. The smallest absolute Gasteiger partial charge is 0.193 e. The molecule has 0 atom stereocenters. The molecular formula is C15H24N4S. The minimum atomic E-state index is 0.424. The molecule has 3 rings (SSSR count). The highest BCUT2D eigenvalue weighted by molar-refractivity contribution is 7.15. The average Bonchev–Trinajstić information content (AvgIpc) is 3.00. The highest BCUT2D eigenvalue weighted by atomic mass is 32.1. The van der Waals surface area contributed by atoms with Crippen molar-refractivity contribution in [3.05, 3.63) is 23.5 Å². The van der Waals surface area contributed by atoms with E-state index in [1.165, 1.54) is 37.8 Å². The molecule has 0 radical (unpaired) electrons. The molecule has 0 bridgehead atoms. The molecule has 1 aliphatic rings. The van der Waals surface area contributed by atoms with Crippen LogP contribution >= 0.6 is 11.3 Å². The van der Waals surface area contributed by atoms with Gasteiger partial charge in [0.15, 0.2) is 4.96 Å². The van der Waals surface area contributed by atoms with Crippen molar-refractivity contribution in [3.8, 4) is 0 Å². The zero-order valence-electron chi connectivity index (χ0n) is 12.2. The summed E-state index contributed by atoms with van der Waals surface area (Å²) in [7, 11) is 0. The summed E-state index contributed by atoms with van der Waals surface area (Å²) in [4.78, 5) is 8.43. The van der Waals surface area contributed by atoms with E-state index in [-0.39, 0.29) is 0 Å². The van der Waals surface area contributed by atoms with Gasteiger partial charge in [0.25, 0.3) is 0 Å². The number of fused-ring (bicyclic) bond motifs is 1. The van der Waals surface area contributed by atoms with Crippen molar-refractivity contribution in [2.24, 2.45) is 5.73 Å². The van der Waals surface area contributed by atoms with Gasteiger partial charge in [0.1, 0.15) is 0 Å². The van der Waals surface area contributed by atoms with Gasteiger partial charge in [-0.15, -0.1) is 11.3 Å². The van der Waals surface area contributed by atoms with E-state index in [2.05, 4.69) is 34.0 Å². The third-order valence-electron chi connectivity index (χ3n) is 4.28. The second-order valence-corrected chi connectivity index (χ2v) is 6.74. The van der Waals surface area contributed by atoms with Gasteiger partial charge in [-0.05, 0) is 38.6 Å². The number of hydrogen-bond donors (Lipinski definition) is 1. The van der Waals surface area contributed by atoms with E-state index in [1.54, 1.807) is 11.3 Å². The number of aromatic nitrogens is 2. The highest BCUT2D eigenvalue weighted by Gasteiger charge is 2.24. The summed E-state index contributed by atoms with van der Waals surface area (Å²) in [5.41, 5.74) is 7.22. The van der Waals surface area contributed by atoms with Crippen LogP contribution in [-0.4, -0.2) is 32.9 Å². The minimum Gasteiger partial charge on any atom is -0.328 e. The Kier molecular flexibility index (Phi) is 4.38. The fourth-order valence-corrected chi connectivity index (χ4v) is 3.92. The first-order valence-electron chi connectivity index (χ1n) is 7.67. The van der Waals surface area contributed by atoms with Crippen LogP contribution in [-0.2, 0) is 6.54 Å². The van der Waals surface area contributed by atoms with Crippen molar-refractivity contribution < 1.29 is 0 Å². The van der Waals surface area contributed by atoms with Gasteiger partial charge in [-0.2, -0.15) is 0 Å². The summed E-state index contributed by atoms with van der Waals surface area (Å²) >= 11 is 1.70. The molecule has 1 fully saturated rings. The van der Waals surface area contributed by atoms with Crippen molar-refractivity contribution in [1.29, 1.82) is 0 Å². The highest BCUT2D eigenvalue weighted by Crippen LogP contribution is 2.24. The first-order valence-corrected chi connectivity index (χ1v) is 8.55. The van der Waals surface area contributed by atoms with Crippen LogP contribution < -0.4 is 5.73 Å². The summed E-state index contributed by atoms with van der Waals surface area (Å²) in [6.07, 6.45) is 10.3. The Hall–Kier alpha value is -0.910. The van der Waals surface area contributed by atoms with Crippen LogP contribution in [0.25, 0.3) is 4.96 Å². The Morgan fingerprint density at radius 2 is 2.20 bits per heavy atom. The molecule has 0 aromatic carbocycles. The molecule has 2 aromatic rings. The fourth-order valence-electron chi connectivity index (χ4n) is 3.21. The van der Waals surface area contributed by atoms with Crippen molar-refractivity contribution in [2.45, 2.75) is 57.7 Å². The van der Waals surface area contributed by atoms with Crippen LogP contribution in [0.15, 0.2) is 17.8 Å². The van der Waals surface area contributed by atoms with Gasteiger partial charge >= 0.3 is 0 Å². The average molecular weight is 292 g/mol. The number of nitrogens with two attached hydrogens (primary N) is 1. The quantitative estimate of drug-likeness (QED) is 0.921. The lowest BCUT2D eigenvalue weighted by Gasteiger charge is -2.35. The van der Waals surface area contributed by atoms with Crippen molar-refractivity contribution in [1.82, 2.24) is 14.3 Å². The molecule has 0 amide bonds. The van der Waals surface area contributed by atoms with Crippen LogP contribution in [0.3, 0.4) is 0 Å². The third-order valence-corrected chi connectivity index (χ3v) is 5.05. The molecule has 2 aromatic heterocycles. The van der Waals surface area contributed by atoms with Gasteiger partial charge in [-0.3, -0.25) is 9.30 Å². The molecule has 5 heteroatoms. The molecule has 1 saturated carbocycles. The van der Waals surface area contributed by atoms with Gasteiger partial charge in [0.05, 0.1) is 5.69 Å². The Morgan fingerprint density at radius 3 is 2.90 bits per heavy atom. The predicted octanol–water partition coefficient (Wildman–Crippen LogP) is 2.88. The van der Waals surface area contributed by atoms with E-state index >= 15 is 0 Å². The van der Waals surface area contributed by atoms with Crippen LogP contribution in [0.2, 0.25) is 0 Å². The number of rotatable bonds is 5. The maximum Gasteiger partial charge on any atom is 0.193 e. The summed E-state index contributed by atoms with van der Waals surface area (Å²) in [6.45, 7) is 4.39. The summed E-state index contributed by atoms with van der Waals surface area (Å²) in [5.74, 6) is 0. The van der Waals surface area contributed by atoms with Crippen LogP contribution in [0.5, 0.6) is 0 Å². The van der Waals surface area contributed by atoms with Crippen LogP contribution in [0, 0.1) is 0 Å². The van der Waals surface area contributed by atoms with Gasteiger partial charge in [0.2, 0.25) is 0 Å². The Morgan fingerprint density at radius 1 is 1.40 bits per heavy atom. The molecule has 2 heterocycles. The first kappa shape index (κ1) is 14.0.